The molecule has 4 heteroatoms. The van der Waals surface area contributed by atoms with E-state index in [1.807, 2.05) is 0 Å². The summed E-state index contributed by atoms with van der Waals surface area (Å²) in [6.45, 7) is 11.5. The normalized spacial score (nSPS) is 15.5. The third-order valence-electron chi connectivity index (χ3n) is 3.50. The van der Waals surface area contributed by atoms with Crippen molar-refractivity contribution in [2.24, 2.45) is 17.6 Å². The lowest BCUT2D eigenvalue weighted by Gasteiger charge is -2.35. The topological polar surface area (TPSA) is 58.7 Å². The quantitative estimate of drug-likeness (QED) is 0.602. The molecule has 19 heavy (non-hydrogen) atoms. The molecule has 0 fully saturated rings. The molecule has 0 radical (unpaired) electrons. The minimum Gasteiger partial charge on any atom is -0.395 e. The fourth-order valence-corrected chi connectivity index (χ4v) is 2.12. The fraction of sp³-hybridized carbons (Fsp3) is 1.00. The van der Waals surface area contributed by atoms with Crippen LogP contribution in [-0.4, -0.2) is 55.5 Å². The van der Waals surface area contributed by atoms with Crippen molar-refractivity contribution in [2.75, 3.05) is 33.4 Å². The van der Waals surface area contributed by atoms with Crippen LogP contribution in [0.25, 0.3) is 0 Å². The Morgan fingerprint density at radius 3 is 1.84 bits per heavy atom. The van der Waals surface area contributed by atoms with Crippen LogP contribution in [0.4, 0.5) is 0 Å². The standard InChI is InChI=1S/C15H34N2O2/c1-12(2)6-8-17(9-7-13(3)4)15(10-18)14(16)11-19-5/h12-15,18H,6-11,16H2,1-5H3. The van der Waals surface area contributed by atoms with Crippen molar-refractivity contribution >= 4 is 0 Å². The Labute approximate surface area is 119 Å². The molecule has 0 saturated carbocycles. The fourth-order valence-electron chi connectivity index (χ4n) is 2.12. The number of hydrogen-bond donors (Lipinski definition) is 2. The van der Waals surface area contributed by atoms with Gasteiger partial charge in [0.1, 0.15) is 0 Å². The van der Waals surface area contributed by atoms with Crippen LogP contribution < -0.4 is 5.73 Å². The summed E-state index contributed by atoms with van der Waals surface area (Å²) in [6.07, 6.45) is 2.27. The Morgan fingerprint density at radius 1 is 1.05 bits per heavy atom. The first-order valence-corrected chi connectivity index (χ1v) is 7.51. The van der Waals surface area contributed by atoms with Gasteiger partial charge in [-0.1, -0.05) is 27.7 Å². The second kappa shape index (κ2) is 10.6. The van der Waals surface area contributed by atoms with Crippen molar-refractivity contribution in [3.05, 3.63) is 0 Å². The largest absolute Gasteiger partial charge is 0.395 e. The SMILES string of the molecule is COCC(N)C(CO)N(CCC(C)C)CCC(C)C. The summed E-state index contributed by atoms with van der Waals surface area (Å²) < 4.78 is 5.12. The smallest absolute Gasteiger partial charge is 0.0629 e. The number of aliphatic hydroxyl groups is 1. The second-order valence-corrected chi connectivity index (χ2v) is 6.27. The maximum Gasteiger partial charge on any atom is 0.0629 e. The first kappa shape index (κ1) is 18.8. The Bertz CT molecular complexity index is 198. The highest BCUT2D eigenvalue weighted by molar-refractivity contribution is 4.82. The predicted molar refractivity (Wildman–Crippen MR) is 81.2 cm³/mol. The Morgan fingerprint density at radius 2 is 1.53 bits per heavy atom. The molecule has 2 unspecified atom stereocenters. The summed E-state index contributed by atoms with van der Waals surface area (Å²) in [5.41, 5.74) is 6.13. The van der Waals surface area contributed by atoms with Gasteiger partial charge >= 0.3 is 0 Å². The van der Waals surface area contributed by atoms with Gasteiger partial charge in [-0.2, -0.15) is 0 Å². The summed E-state index contributed by atoms with van der Waals surface area (Å²) in [6, 6.07) is -0.133. The van der Waals surface area contributed by atoms with Crippen molar-refractivity contribution in [2.45, 2.75) is 52.6 Å². The van der Waals surface area contributed by atoms with E-state index in [0.29, 0.717) is 18.4 Å². The lowest BCUT2D eigenvalue weighted by molar-refractivity contribution is 0.0647. The van der Waals surface area contributed by atoms with Crippen molar-refractivity contribution in [1.29, 1.82) is 0 Å². The third kappa shape index (κ3) is 8.58. The molecule has 0 aliphatic carbocycles. The number of nitrogens with zero attached hydrogens (tertiary/aromatic N) is 1. The second-order valence-electron chi connectivity index (χ2n) is 6.27. The van der Waals surface area contributed by atoms with E-state index in [-0.39, 0.29) is 18.7 Å². The lowest BCUT2D eigenvalue weighted by Crippen LogP contribution is -2.53. The van der Waals surface area contributed by atoms with Gasteiger partial charge in [0, 0.05) is 13.2 Å². The van der Waals surface area contributed by atoms with Crippen LogP contribution in [0.2, 0.25) is 0 Å². The van der Waals surface area contributed by atoms with E-state index < -0.39 is 0 Å². The Hall–Kier alpha value is -0.160. The van der Waals surface area contributed by atoms with E-state index >= 15 is 0 Å². The van der Waals surface area contributed by atoms with Gasteiger partial charge in [-0.25, -0.2) is 0 Å². The molecule has 0 aromatic carbocycles. The highest BCUT2D eigenvalue weighted by atomic mass is 16.5. The zero-order valence-electron chi connectivity index (χ0n) is 13.4. The van der Waals surface area contributed by atoms with E-state index in [1.165, 1.54) is 0 Å². The molecule has 0 rings (SSSR count). The van der Waals surface area contributed by atoms with Crippen molar-refractivity contribution < 1.29 is 9.84 Å². The number of rotatable bonds is 11. The van der Waals surface area contributed by atoms with Crippen LogP contribution >= 0.6 is 0 Å². The van der Waals surface area contributed by atoms with Gasteiger partial charge in [0.25, 0.3) is 0 Å². The maximum atomic E-state index is 9.65. The van der Waals surface area contributed by atoms with Crippen molar-refractivity contribution in [3.8, 4) is 0 Å². The van der Waals surface area contributed by atoms with Crippen LogP contribution in [0.15, 0.2) is 0 Å². The first-order valence-electron chi connectivity index (χ1n) is 7.51. The van der Waals surface area contributed by atoms with Gasteiger partial charge in [0.05, 0.1) is 19.3 Å². The monoisotopic (exact) mass is 274 g/mol. The number of methoxy groups -OCH3 is 1. The molecule has 0 aromatic heterocycles. The maximum absolute atomic E-state index is 9.65. The van der Waals surface area contributed by atoms with Crippen LogP contribution in [0.5, 0.6) is 0 Å². The van der Waals surface area contributed by atoms with Crippen molar-refractivity contribution in [1.82, 2.24) is 4.90 Å². The number of aliphatic hydroxyl groups excluding tert-OH is 1. The van der Waals surface area contributed by atoms with Gasteiger partial charge in [-0.3, -0.25) is 4.90 Å². The number of hydrogen-bond acceptors (Lipinski definition) is 4. The molecule has 116 valence electrons. The Kier molecular flexibility index (Phi) is 10.5. The van der Waals surface area contributed by atoms with Gasteiger partial charge in [0.15, 0.2) is 0 Å². The minimum absolute atomic E-state index is 0.00236. The molecule has 0 aliphatic rings. The third-order valence-corrected chi connectivity index (χ3v) is 3.50. The van der Waals surface area contributed by atoms with Gasteiger partial charge in [-0.15, -0.1) is 0 Å². The summed E-state index contributed by atoms with van der Waals surface area (Å²) in [5.74, 6) is 1.33. The molecule has 0 spiro atoms. The zero-order chi connectivity index (χ0) is 14.8. The molecule has 0 bridgehead atoms. The van der Waals surface area contributed by atoms with E-state index in [4.69, 9.17) is 10.5 Å². The van der Waals surface area contributed by atoms with Crippen LogP contribution in [0, 0.1) is 11.8 Å². The Balaban J connectivity index is 4.54. The molecule has 0 aliphatic heterocycles. The van der Waals surface area contributed by atoms with Crippen LogP contribution in [0.3, 0.4) is 0 Å². The first-order chi connectivity index (χ1) is 8.92. The molecular formula is C15H34N2O2. The summed E-state index contributed by atoms with van der Waals surface area (Å²) in [5, 5.41) is 9.65. The van der Waals surface area contributed by atoms with Crippen LogP contribution in [-0.2, 0) is 4.74 Å². The summed E-state index contributed by atoms with van der Waals surface area (Å²) in [7, 11) is 1.65. The molecule has 3 N–H and O–H groups in total. The average molecular weight is 274 g/mol. The van der Waals surface area contributed by atoms with Crippen LogP contribution in [0.1, 0.15) is 40.5 Å². The molecule has 2 atom stereocenters. The van der Waals surface area contributed by atoms with E-state index in [0.717, 1.165) is 25.9 Å². The molecule has 0 amide bonds. The van der Waals surface area contributed by atoms with E-state index in [1.54, 1.807) is 7.11 Å². The summed E-state index contributed by atoms with van der Waals surface area (Å²) >= 11 is 0. The van der Waals surface area contributed by atoms with E-state index in [9.17, 15) is 5.11 Å². The number of nitrogens with two attached hydrogens (primary N) is 1. The van der Waals surface area contributed by atoms with E-state index in [2.05, 4.69) is 32.6 Å². The summed E-state index contributed by atoms with van der Waals surface area (Å²) in [4.78, 5) is 2.34. The van der Waals surface area contributed by atoms with Gasteiger partial charge < -0.3 is 15.6 Å². The predicted octanol–water partition coefficient (Wildman–Crippen LogP) is 1.72. The minimum atomic E-state index is -0.130. The van der Waals surface area contributed by atoms with Gasteiger partial charge in [0.2, 0.25) is 0 Å². The molecule has 4 nitrogen and oxygen atoms in total. The number of ether oxygens (including phenoxy) is 1. The highest BCUT2D eigenvalue weighted by Gasteiger charge is 2.24. The average Bonchev–Trinajstić information content (AvgIpc) is 2.32. The molecule has 0 aromatic rings. The molecule has 0 saturated heterocycles. The van der Waals surface area contributed by atoms with Crippen molar-refractivity contribution in [3.63, 3.8) is 0 Å². The highest BCUT2D eigenvalue weighted by Crippen LogP contribution is 2.12. The zero-order valence-corrected chi connectivity index (χ0v) is 13.4. The van der Waals surface area contributed by atoms with Gasteiger partial charge in [-0.05, 0) is 37.8 Å². The molecular weight excluding hydrogens is 240 g/mol. The molecule has 0 heterocycles. The lowest BCUT2D eigenvalue weighted by atomic mass is 10.0.